The van der Waals surface area contributed by atoms with Crippen molar-refractivity contribution < 1.29 is 5.11 Å². The van der Waals surface area contributed by atoms with Gasteiger partial charge in [0.2, 0.25) is 0 Å². The van der Waals surface area contributed by atoms with Gasteiger partial charge in [-0.2, -0.15) is 0 Å². The second kappa shape index (κ2) is 4.11. The van der Waals surface area contributed by atoms with E-state index in [2.05, 4.69) is 5.92 Å². The van der Waals surface area contributed by atoms with E-state index < -0.39 is 5.60 Å². The highest BCUT2D eigenvalue weighted by Crippen LogP contribution is 2.12. The maximum absolute atomic E-state index is 9.55. The van der Waals surface area contributed by atoms with E-state index in [0.29, 0.717) is 6.42 Å². The normalized spacial score (nSPS) is 14.5. The fourth-order valence-corrected chi connectivity index (χ4v) is 1.10. The van der Waals surface area contributed by atoms with Gasteiger partial charge in [-0.25, -0.2) is 0 Å². The summed E-state index contributed by atoms with van der Waals surface area (Å²) >= 11 is 0. The van der Waals surface area contributed by atoms with Crippen molar-refractivity contribution in [3.05, 3.63) is 35.9 Å². The Kier molecular flexibility index (Phi) is 3.11. The monoisotopic (exact) mass is 174 g/mol. The Bertz CT molecular complexity index is 293. The number of benzene rings is 1. The molecule has 0 heterocycles. The third kappa shape index (κ3) is 3.31. The average Bonchev–Trinajstić information content (AvgIpc) is 2.17. The standard InChI is InChI=1S/C12H14O/c1-3-12(2,13)10-9-11-7-5-4-6-8-11/h1,4-8,13H,9-10H2,2H3/t12-/m1/s1. The number of hydrogen-bond donors (Lipinski definition) is 1. The van der Waals surface area contributed by atoms with Crippen molar-refractivity contribution in [3.8, 4) is 12.3 Å². The van der Waals surface area contributed by atoms with Gasteiger partial charge in [0.25, 0.3) is 0 Å². The second-order valence-corrected chi connectivity index (χ2v) is 3.40. The van der Waals surface area contributed by atoms with Gasteiger partial charge in [0.05, 0.1) is 0 Å². The molecule has 1 nitrogen and oxygen atoms in total. The maximum Gasteiger partial charge on any atom is 0.122 e. The molecule has 0 saturated carbocycles. The molecule has 0 aliphatic heterocycles. The molecular weight excluding hydrogens is 160 g/mol. The van der Waals surface area contributed by atoms with Crippen LogP contribution in [-0.2, 0) is 6.42 Å². The van der Waals surface area contributed by atoms with E-state index in [1.165, 1.54) is 5.56 Å². The minimum atomic E-state index is -0.976. The molecule has 1 rings (SSSR count). The van der Waals surface area contributed by atoms with E-state index in [-0.39, 0.29) is 0 Å². The quantitative estimate of drug-likeness (QED) is 0.695. The molecule has 1 N–H and O–H groups in total. The zero-order valence-corrected chi connectivity index (χ0v) is 7.83. The minimum Gasteiger partial charge on any atom is -0.378 e. The van der Waals surface area contributed by atoms with Gasteiger partial charge in [0.15, 0.2) is 0 Å². The predicted octanol–water partition coefficient (Wildman–Crippen LogP) is 2.00. The van der Waals surface area contributed by atoms with Gasteiger partial charge in [-0.05, 0) is 25.3 Å². The van der Waals surface area contributed by atoms with Gasteiger partial charge in [0.1, 0.15) is 5.60 Å². The predicted molar refractivity (Wildman–Crippen MR) is 54.2 cm³/mol. The zero-order chi connectivity index (χ0) is 9.73. The Morgan fingerprint density at radius 3 is 2.54 bits per heavy atom. The molecule has 0 radical (unpaired) electrons. The van der Waals surface area contributed by atoms with Gasteiger partial charge in [-0.15, -0.1) is 6.42 Å². The van der Waals surface area contributed by atoms with Crippen LogP contribution < -0.4 is 0 Å². The van der Waals surface area contributed by atoms with Gasteiger partial charge in [-0.3, -0.25) is 0 Å². The molecule has 1 heteroatoms. The minimum absolute atomic E-state index is 0.605. The van der Waals surface area contributed by atoms with Crippen molar-refractivity contribution in [2.75, 3.05) is 0 Å². The molecule has 1 aromatic rings. The third-order valence-electron chi connectivity index (χ3n) is 2.05. The van der Waals surface area contributed by atoms with Gasteiger partial charge in [0, 0.05) is 0 Å². The Morgan fingerprint density at radius 2 is 2.00 bits per heavy atom. The summed E-state index contributed by atoms with van der Waals surface area (Å²) in [5.41, 5.74) is 0.230. The maximum atomic E-state index is 9.55. The Hall–Kier alpha value is -1.26. The van der Waals surface area contributed by atoms with Crippen LogP contribution in [0.1, 0.15) is 18.9 Å². The first-order valence-electron chi connectivity index (χ1n) is 4.38. The Labute approximate surface area is 79.4 Å². The molecule has 1 aromatic carbocycles. The first-order valence-corrected chi connectivity index (χ1v) is 4.38. The van der Waals surface area contributed by atoms with Crippen LogP contribution in [0.15, 0.2) is 30.3 Å². The first kappa shape index (κ1) is 9.83. The van der Waals surface area contributed by atoms with E-state index in [0.717, 1.165) is 6.42 Å². The molecule has 0 aromatic heterocycles. The number of hydrogen-bond acceptors (Lipinski definition) is 1. The second-order valence-electron chi connectivity index (χ2n) is 3.40. The van der Waals surface area contributed by atoms with E-state index in [4.69, 9.17) is 6.42 Å². The van der Waals surface area contributed by atoms with Crippen LogP contribution in [0.4, 0.5) is 0 Å². The Morgan fingerprint density at radius 1 is 1.38 bits per heavy atom. The van der Waals surface area contributed by atoms with Crippen molar-refractivity contribution in [2.24, 2.45) is 0 Å². The zero-order valence-electron chi connectivity index (χ0n) is 7.83. The summed E-state index contributed by atoms with van der Waals surface area (Å²) in [6.07, 6.45) is 6.59. The van der Waals surface area contributed by atoms with Gasteiger partial charge < -0.3 is 5.11 Å². The molecule has 68 valence electrons. The van der Waals surface area contributed by atoms with Gasteiger partial charge in [-0.1, -0.05) is 36.3 Å². The molecule has 0 bridgehead atoms. The number of aryl methyl sites for hydroxylation is 1. The lowest BCUT2D eigenvalue weighted by atomic mass is 9.98. The van der Waals surface area contributed by atoms with Crippen molar-refractivity contribution in [1.82, 2.24) is 0 Å². The molecule has 0 fully saturated rings. The van der Waals surface area contributed by atoms with Crippen molar-refractivity contribution in [1.29, 1.82) is 0 Å². The van der Waals surface area contributed by atoms with Crippen LogP contribution >= 0.6 is 0 Å². The van der Waals surface area contributed by atoms with E-state index in [9.17, 15) is 5.11 Å². The van der Waals surface area contributed by atoms with Crippen LogP contribution in [0.2, 0.25) is 0 Å². The average molecular weight is 174 g/mol. The summed E-state index contributed by atoms with van der Waals surface area (Å²) in [4.78, 5) is 0. The van der Waals surface area contributed by atoms with E-state index >= 15 is 0 Å². The van der Waals surface area contributed by atoms with Crippen LogP contribution in [0.25, 0.3) is 0 Å². The number of aliphatic hydroxyl groups is 1. The lowest BCUT2D eigenvalue weighted by Gasteiger charge is -2.15. The summed E-state index contributed by atoms with van der Waals surface area (Å²) in [5, 5.41) is 9.55. The number of rotatable bonds is 3. The van der Waals surface area contributed by atoms with Crippen LogP contribution in [0.3, 0.4) is 0 Å². The topological polar surface area (TPSA) is 20.2 Å². The summed E-state index contributed by atoms with van der Waals surface area (Å²) in [6.45, 7) is 1.66. The molecule has 1 atom stereocenters. The summed E-state index contributed by atoms with van der Waals surface area (Å²) in [7, 11) is 0. The van der Waals surface area contributed by atoms with Crippen LogP contribution in [0.5, 0.6) is 0 Å². The van der Waals surface area contributed by atoms with Crippen LogP contribution in [-0.4, -0.2) is 10.7 Å². The fraction of sp³-hybridized carbons (Fsp3) is 0.333. The SMILES string of the molecule is C#C[C@@](C)(O)CCc1ccccc1. The number of terminal acetylenes is 1. The molecule has 0 aliphatic rings. The van der Waals surface area contributed by atoms with E-state index in [1.54, 1.807) is 6.92 Å². The molecule has 0 spiro atoms. The van der Waals surface area contributed by atoms with Crippen molar-refractivity contribution in [3.63, 3.8) is 0 Å². The largest absolute Gasteiger partial charge is 0.378 e. The fourth-order valence-electron chi connectivity index (χ4n) is 1.10. The van der Waals surface area contributed by atoms with Crippen molar-refractivity contribution >= 4 is 0 Å². The smallest absolute Gasteiger partial charge is 0.122 e. The molecule has 0 saturated heterocycles. The first-order chi connectivity index (χ1) is 6.14. The highest BCUT2D eigenvalue weighted by Gasteiger charge is 2.15. The summed E-state index contributed by atoms with van der Waals surface area (Å²) in [5.74, 6) is 2.37. The summed E-state index contributed by atoms with van der Waals surface area (Å²) < 4.78 is 0. The third-order valence-corrected chi connectivity index (χ3v) is 2.05. The van der Waals surface area contributed by atoms with Gasteiger partial charge >= 0.3 is 0 Å². The molecule has 0 unspecified atom stereocenters. The summed E-state index contributed by atoms with van der Waals surface area (Å²) in [6, 6.07) is 10.0. The highest BCUT2D eigenvalue weighted by molar-refractivity contribution is 5.16. The lowest BCUT2D eigenvalue weighted by Crippen LogP contribution is -2.21. The molecule has 0 amide bonds. The van der Waals surface area contributed by atoms with Crippen LogP contribution in [0, 0.1) is 12.3 Å². The van der Waals surface area contributed by atoms with Crippen molar-refractivity contribution in [2.45, 2.75) is 25.4 Å². The highest BCUT2D eigenvalue weighted by atomic mass is 16.3. The lowest BCUT2D eigenvalue weighted by molar-refractivity contribution is 0.113. The molecule has 13 heavy (non-hydrogen) atoms. The molecular formula is C12H14O. The Balaban J connectivity index is 2.50. The molecule has 0 aliphatic carbocycles. The van der Waals surface area contributed by atoms with E-state index in [1.807, 2.05) is 30.3 Å².